The molecule has 0 aromatic heterocycles. The number of hydrogen-bond acceptors (Lipinski definition) is 5. The summed E-state index contributed by atoms with van der Waals surface area (Å²) >= 11 is 0. The highest BCUT2D eigenvalue weighted by Gasteiger charge is 2.52. The summed E-state index contributed by atoms with van der Waals surface area (Å²) in [4.78, 5) is 16.6. The molecule has 4 rings (SSSR count). The van der Waals surface area contributed by atoms with Gasteiger partial charge in [0.25, 0.3) is 0 Å². The lowest BCUT2D eigenvalue weighted by molar-refractivity contribution is -0.183. The van der Waals surface area contributed by atoms with Gasteiger partial charge in [-0.15, -0.1) is 0 Å². The minimum Gasteiger partial charge on any atom is -0.508 e. The lowest BCUT2D eigenvalue weighted by Crippen LogP contribution is -2.66. The highest BCUT2D eigenvalue weighted by molar-refractivity contribution is 5.79. The van der Waals surface area contributed by atoms with Crippen LogP contribution in [0.4, 0.5) is 0 Å². The van der Waals surface area contributed by atoms with E-state index >= 15 is 0 Å². The van der Waals surface area contributed by atoms with Crippen molar-refractivity contribution in [2.45, 2.75) is 24.6 Å². The number of methoxy groups -OCH3 is 1. The second-order valence-electron chi connectivity index (χ2n) is 7.52. The van der Waals surface area contributed by atoms with Crippen LogP contribution in [-0.2, 0) is 21.6 Å². The van der Waals surface area contributed by atoms with Crippen molar-refractivity contribution in [3.63, 3.8) is 0 Å². The Morgan fingerprint density at radius 2 is 2.04 bits per heavy atom. The van der Waals surface area contributed by atoms with Crippen molar-refractivity contribution < 1.29 is 19.4 Å². The van der Waals surface area contributed by atoms with Crippen LogP contribution < -0.4 is 4.74 Å². The monoisotopic (exact) mass is 382 g/mol. The summed E-state index contributed by atoms with van der Waals surface area (Å²) in [7, 11) is 3.52. The zero-order valence-electron chi connectivity index (χ0n) is 16.3. The van der Waals surface area contributed by atoms with Crippen LogP contribution in [0.5, 0.6) is 11.5 Å². The molecule has 0 bridgehead atoms. The van der Waals surface area contributed by atoms with E-state index in [4.69, 9.17) is 9.47 Å². The van der Waals surface area contributed by atoms with E-state index in [9.17, 15) is 9.90 Å². The number of likely N-dealkylation sites (N-methyl/N-ethyl adjacent to an activating group) is 1. The Labute approximate surface area is 165 Å². The van der Waals surface area contributed by atoms with Crippen LogP contribution in [0.25, 0.3) is 0 Å². The number of piperidine rings is 1. The van der Waals surface area contributed by atoms with Gasteiger partial charge in [0.2, 0.25) is 5.91 Å². The lowest BCUT2D eigenvalue weighted by atomic mass is 9.76. The molecular formula is C22H26N2O4. The first-order valence-corrected chi connectivity index (χ1v) is 9.56. The average molecular weight is 382 g/mol. The zero-order chi connectivity index (χ0) is 19.7. The number of nitrogens with zero attached hydrogens (tertiary/aromatic N) is 2. The van der Waals surface area contributed by atoms with Crippen LogP contribution in [0.2, 0.25) is 0 Å². The maximum absolute atomic E-state index is 12.5. The summed E-state index contributed by atoms with van der Waals surface area (Å²) in [5, 5.41) is 9.86. The average Bonchev–Trinajstić information content (AvgIpc) is 2.72. The second kappa shape index (κ2) is 7.45. The predicted molar refractivity (Wildman–Crippen MR) is 105 cm³/mol. The van der Waals surface area contributed by atoms with Crippen LogP contribution in [0.15, 0.2) is 48.5 Å². The zero-order valence-corrected chi connectivity index (χ0v) is 16.3. The quantitative estimate of drug-likeness (QED) is 0.880. The summed E-state index contributed by atoms with van der Waals surface area (Å²) in [5.74, 6) is 1.00. The molecule has 0 saturated carbocycles. The fraction of sp³-hybridized carbons (Fsp3) is 0.409. The van der Waals surface area contributed by atoms with Gasteiger partial charge in [0, 0.05) is 32.2 Å². The fourth-order valence-corrected chi connectivity index (χ4v) is 4.56. The fourth-order valence-electron chi connectivity index (χ4n) is 4.56. The summed E-state index contributed by atoms with van der Waals surface area (Å²) in [6.07, 6.45) is 0.667. The minimum absolute atomic E-state index is 0.0169. The van der Waals surface area contributed by atoms with Crippen molar-refractivity contribution in [3.05, 3.63) is 59.7 Å². The Kier molecular flexibility index (Phi) is 5.00. The molecule has 0 unspecified atom stereocenters. The van der Waals surface area contributed by atoms with Crippen LogP contribution in [-0.4, -0.2) is 60.8 Å². The number of amides is 1. The van der Waals surface area contributed by atoms with E-state index in [1.807, 2.05) is 30.1 Å². The van der Waals surface area contributed by atoms with Gasteiger partial charge in [-0.1, -0.05) is 30.3 Å². The molecule has 0 spiro atoms. The molecule has 2 aliphatic rings. The number of phenolic OH excluding ortho intramolecular Hbond substituents is 1. The van der Waals surface area contributed by atoms with Gasteiger partial charge in [-0.05, 0) is 30.2 Å². The van der Waals surface area contributed by atoms with Gasteiger partial charge >= 0.3 is 0 Å². The number of fused-ring (bicyclic) bond motifs is 1. The van der Waals surface area contributed by atoms with Crippen molar-refractivity contribution in [2.24, 2.45) is 0 Å². The first kappa shape index (κ1) is 18.8. The number of ether oxygens (including phenoxy) is 2. The molecule has 0 radical (unpaired) electrons. The SMILES string of the molecule is COc1ccc(O)cc1CN1CC[C@]2(c3ccccc3)[C@@H](C1)OCC(=O)N2C. The Morgan fingerprint density at radius 3 is 2.79 bits per heavy atom. The van der Waals surface area contributed by atoms with Crippen LogP contribution >= 0.6 is 0 Å². The number of rotatable bonds is 4. The maximum atomic E-state index is 12.5. The van der Waals surface area contributed by atoms with Gasteiger partial charge in [0.1, 0.15) is 18.1 Å². The number of carbonyl (C=O) groups is 1. The summed E-state index contributed by atoms with van der Waals surface area (Å²) in [6.45, 7) is 2.27. The van der Waals surface area contributed by atoms with Crippen molar-refractivity contribution in [1.82, 2.24) is 9.80 Å². The van der Waals surface area contributed by atoms with Gasteiger partial charge in [0.05, 0.1) is 18.8 Å². The molecule has 2 heterocycles. The van der Waals surface area contributed by atoms with Gasteiger partial charge in [0.15, 0.2) is 0 Å². The summed E-state index contributed by atoms with van der Waals surface area (Å²) < 4.78 is 11.5. The second-order valence-corrected chi connectivity index (χ2v) is 7.52. The third-order valence-electron chi connectivity index (χ3n) is 6.08. The molecular weight excluding hydrogens is 356 g/mol. The number of carbonyl (C=O) groups excluding carboxylic acids is 1. The van der Waals surface area contributed by atoms with Gasteiger partial charge < -0.3 is 19.5 Å². The predicted octanol–water partition coefficient (Wildman–Crippen LogP) is 2.36. The molecule has 2 aliphatic heterocycles. The molecule has 1 amide bonds. The number of phenols is 1. The van der Waals surface area contributed by atoms with Crippen molar-refractivity contribution in [2.75, 3.05) is 33.9 Å². The highest BCUT2D eigenvalue weighted by Crippen LogP contribution is 2.42. The van der Waals surface area contributed by atoms with Crippen molar-refractivity contribution in [1.29, 1.82) is 0 Å². The Bertz CT molecular complexity index is 857. The smallest absolute Gasteiger partial charge is 0.249 e. The Balaban J connectivity index is 1.61. The molecule has 6 heteroatoms. The first-order valence-electron chi connectivity index (χ1n) is 9.56. The van der Waals surface area contributed by atoms with Crippen LogP contribution in [0, 0.1) is 0 Å². The molecule has 2 aromatic rings. The van der Waals surface area contributed by atoms with E-state index in [-0.39, 0.29) is 24.4 Å². The Morgan fingerprint density at radius 1 is 1.25 bits per heavy atom. The molecule has 1 N–H and O–H groups in total. The third-order valence-corrected chi connectivity index (χ3v) is 6.08. The largest absolute Gasteiger partial charge is 0.508 e. The normalized spacial score (nSPS) is 25.4. The Hall–Kier alpha value is -2.57. The first-order chi connectivity index (χ1) is 13.5. The van der Waals surface area contributed by atoms with E-state index in [2.05, 4.69) is 17.0 Å². The number of aromatic hydroxyl groups is 1. The van der Waals surface area contributed by atoms with E-state index in [1.165, 1.54) is 0 Å². The molecule has 148 valence electrons. The minimum atomic E-state index is -0.448. The third kappa shape index (κ3) is 3.12. The molecule has 28 heavy (non-hydrogen) atoms. The maximum Gasteiger partial charge on any atom is 0.249 e. The molecule has 0 aliphatic carbocycles. The molecule has 2 fully saturated rings. The van der Waals surface area contributed by atoms with Crippen LogP contribution in [0.3, 0.4) is 0 Å². The van der Waals surface area contributed by atoms with Crippen LogP contribution in [0.1, 0.15) is 17.5 Å². The van der Waals surface area contributed by atoms with Crippen molar-refractivity contribution >= 4 is 5.91 Å². The van der Waals surface area contributed by atoms with E-state index < -0.39 is 5.54 Å². The summed E-state index contributed by atoms with van der Waals surface area (Å²) in [6, 6.07) is 15.3. The van der Waals surface area contributed by atoms with E-state index in [0.717, 1.165) is 29.8 Å². The topological polar surface area (TPSA) is 62.2 Å². The van der Waals surface area contributed by atoms with Gasteiger partial charge in [-0.25, -0.2) is 0 Å². The van der Waals surface area contributed by atoms with Gasteiger partial charge in [-0.2, -0.15) is 0 Å². The molecule has 2 aromatic carbocycles. The number of morpholine rings is 1. The van der Waals surface area contributed by atoms with Gasteiger partial charge in [-0.3, -0.25) is 9.69 Å². The lowest BCUT2D eigenvalue weighted by Gasteiger charge is -2.55. The van der Waals surface area contributed by atoms with E-state index in [0.29, 0.717) is 13.1 Å². The summed E-state index contributed by atoms with van der Waals surface area (Å²) in [5.41, 5.74) is 1.61. The highest BCUT2D eigenvalue weighted by atomic mass is 16.5. The number of hydrogen-bond donors (Lipinski definition) is 1. The van der Waals surface area contributed by atoms with E-state index in [1.54, 1.807) is 25.3 Å². The standard InChI is InChI=1S/C22H26N2O4/c1-23-21(26)15-28-20-14-24(13-16-12-18(25)8-9-19(16)27-2)11-10-22(20,23)17-6-4-3-5-7-17/h3-9,12,20,25H,10-11,13-15H2,1-2H3/t20-,22+/m1/s1. The molecule has 2 saturated heterocycles. The number of likely N-dealkylation sites (tertiary alicyclic amines) is 1. The molecule has 6 nitrogen and oxygen atoms in total. The molecule has 2 atom stereocenters. The number of benzene rings is 2. The van der Waals surface area contributed by atoms with Crippen molar-refractivity contribution in [3.8, 4) is 11.5 Å².